The number of nitrogens with two attached hydrogens (primary N) is 2. The molecule has 17 nitrogen and oxygen atoms in total. The molecular weight excluding hydrogens is 999 g/mol. The Balaban J connectivity index is 0.000000782. The number of aliphatic carboxylic acids is 1. The first-order valence-electron chi connectivity index (χ1n) is 26.2. The summed E-state index contributed by atoms with van der Waals surface area (Å²) in [4.78, 5) is 72.6. The van der Waals surface area contributed by atoms with Crippen LogP contribution in [0, 0.1) is 16.2 Å². The van der Waals surface area contributed by atoms with Crippen molar-refractivity contribution in [2.24, 2.45) is 27.7 Å². The first-order valence-corrected chi connectivity index (χ1v) is 31.0. The van der Waals surface area contributed by atoms with Crippen LogP contribution in [0.5, 0.6) is 0 Å². The van der Waals surface area contributed by atoms with Gasteiger partial charge >= 0.3 is 24.2 Å². The Labute approximate surface area is 449 Å². The predicted molar refractivity (Wildman–Crippen MR) is 300 cm³/mol. The first kappa shape index (κ1) is 67.6. The molecule has 0 radical (unpaired) electrons. The van der Waals surface area contributed by atoms with Gasteiger partial charge in [-0.1, -0.05) is 79.4 Å². The first-order chi connectivity index (χ1) is 33.7. The number of thioether (sulfide) groups is 2. The minimum atomic E-state index is -0.798. The highest BCUT2D eigenvalue weighted by molar-refractivity contribution is 8.76. The number of carbonyl (C=O) groups excluding carboxylic acids is 5. The molecule has 5 amide bonds. The van der Waals surface area contributed by atoms with Crippen LogP contribution in [-0.2, 0) is 28.6 Å². The summed E-state index contributed by atoms with van der Waals surface area (Å²) in [6, 6.07) is 0. The minimum absolute atomic E-state index is 0.0379. The standard InChI is InChI=1S/C33H60N4O6S2.C14H25NO4.C4H12N2S2/c1-30(2,3)42-28(40)36-23-32(13-9-7-10-14-32)21-26(38)34-17-19-44-25-45-20-18-35-27(39)22-33(15-11-8-12-16-33)24-37-29(41)43-31(4,5)6;1-13(2,3)19-12(18)15-10-14(9-11(16)17)7-5-4-6-8-14;5-1-3-7-8-4-2-6/h7-25H2,1-6H3,(H,34,38)(H,35,39)(H,36,40)(H,37,41);4-10H2,1-3H3,(H,15,18)(H,16,17);1-6H2. The number of nitrogens with one attached hydrogen (secondary N) is 5. The van der Waals surface area contributed by atoms with Crippen LogP contribution in [0.1, 0.15) is 178 Å². The van der Waals surface area contributed by atoms with Gasteiger partial charge < -0.3 is 57.4 Å². The van der Waals surface area contributed by atoms with Gasteiger partial charge in [-0.25, -0.2) is 14.4 Å². The van der Waals surface area contributed by atoms with Crippen LogP contribution in [0.25, 0.3) is 0 Å². The molecule has 0 bridgehead atoms. The van der Waals surface area contributed by atoms with E-state index in [0.717, 1.165) is 125 Å². The lowest BCUT2D eigenvalue weighted by Gasteiger charge is -2.37. The van der Waals surface area contributed by atoms with Crippen LogP contribution in [-0.4, -0.2) is 132 Å². The van der Waals surface area contributed by atoms with E-state index in [4.69, 9.17) is 30.8 Å². The van der Waals surface area contributed by atoms with E-state index in [2.05, 4.69) is 26.6 Å². The van der Waals surface area contributed by atoms with Crippen LogP contribution in [0.2, 0.25) is 0 Å². The van der Waals surface area contributed by atoms with Crippen molar-refractivity contribution in [3.05, 3.63) is 0 Å². The van der Waals surface area contributed by atoms with Crippen LogP contribution in [0.4, 0.5) is 14.4 Å². The molecule has 3 fully saturated rings. The molecule has 3 rings (SSSR count). The molecule has 0 saturated heterocycles. The second kappa shape index (κ2) is 35.7. The summed E-state index contributed by atoms with van der Waals surface area (Å²) < 4.78 is 16.0. The number of hydrogen-bond acceptors (Lipinski definition) is 15. The zero-order chi connectivity index (χ0) is 54.2. The monoisotopic (exact) mass is 1100 g/mol. The fourth-order valence-electron chi connectivity index (χ4n) is 8.92. The van der Waals surface area contributed by atoms with E-state index in [1.54, 1.807) is 65.9 Å². The summed E-state index contributed by atoms with van der Waals surface area (Å²) in [5, 5.41) is 24.6. The zero-order valence-electron chi connectivity index (χ0n) is 45.6. The van der Waals surface area contributed by atoms with Crippen molar-refractivity contribution >= 4 is 81.2 Å². The summed E-state index contributed by atoms with van der Waals surface area (Å²) >= 11 is 3.54. The lowest BCUT2D eigenvalue weighted by atomic mass is 9.71. The zero-order valence-corrected chi connectivity index (χ0v) is 48.9. The second-order valence-electron chi connectivity index (χ2n) is 22.5. The largest absolute Gasteiger partial charge is 0.481 e. The highest BCUT2D eigenvalue weighted by Crippen LogP contribution is 2.41. The summed E-state index contributed by atoms with van der Waals surface area (Å²) in [5.74, 6) is 2.98. The van der Waals surface area contributed by atoms with Gasteiger partial charge in [-0.05, 0) is 117 Å². The lowest BCUT2D eigenvalue weighted by molar-refractivity contribution is -0.140. The summed E-state index contributed by atoms with van der Waals surface area (Å²) in [5.41, 5.74) is 8.14. The second-order valence-corrected chi connectivity index (χ2v) is 27.8. The van der Waals surface area contributed by atoms with E-state index in [-0.39, 0.29) is 34.5 Å². The molecule has 0 aromatic carbocycles. The van der Waals surface area contributed by atoms with Crippen molar-refractivity contribution in [2.75, 3.05) is 73.9 Å². The Morgan fingerprint density at radius 3 is 1.01 bits per heavy atom. The number of hydrogen-bond donors (Lipinski definition) is 8. The molecule has 3 aliphatic rings. The summed E-state index contributed by atoms with van der Waals surface area (Å²) in [7, 11) is 3.58. The van der Waals surface area contributed by atoms with E-state index >= 15 is 0 Å². The number of carboxylic acids is 1. The average Bonchev–Trinajstić information content (AvgIpc) is 3.27. The Morgan fingerprint density at radius 2 is 0.750 bits per heavy atom. The summed E-state index contributed by atoms with van der Waals surface area (Å²) in [6.45, 7) is 20.5. The SMILES string of the molecule is CC(C)(C)OC(=O)NCC1(CC(=O)NCCSCSCCNC(=O)CC2(CNC(=O)OC(C)(C)C)CCCCC2)CCCCC1.CC(C)(C)OC(=O)NCC1(CC(=O)O)CCCCC1.NCCSSCCN. The molecule has 0 heterocycles. The van der Waals surface area contributed by atoms with Gasteiger partial charge in [0.1, 0.15) is 16.8 Å². The van der Waals surface area contributed by atoms with Crippen LogP contribution < -0.4 is 38.1 Å². The number of alkyl carbamates (subject to hydrolysis) is 3. The van der Waals surface area contributed by atoms with E-state index in [1.807, 2.05) is 41.5 Å². The minimum Gasteiger partial charge on any atom is -0.481 e. The molecule has 0 aromatic rings. The molecule has 3 saturated carbocycles. The number of ether oxygens (including phenoxy) is 3. The molecule has 10 N–H and O–H groups in total. The maximum absolute atomic E-state index is 12.8. The van der Waals surface area contributed by atoms with Gasteiger partial charge in [-0.15, -0.1) is 23.5 Å². The van der Waals surface area contributed by atoms with E-state index in [1.165, 1.54) is 12.8 Å². The predicted octanol–water partition coefficient (Wildman–Crippen LogP) is 9.59. The van der Waals surface area contributed by atoms with Gasteiger partial charge in [0.2, 0.25) is 11.8 Å². The van der Waals surface area contributed by atoms with Crippen molar-refractivity contribution in [3.8, 4) is 0 Å². The van der Waals surface area contributed by atoms with E-state index in [0.29, 0.717) is 45.6 Å². The van der Waals surface area contributed by atoms with Crippen LogP contribution in [0.15, 0.2) is 0 Å². The van der Waals surface area contributed by atoms with Crippen LogP contribution in [0.3, 0.4) is 0 Å². The molecule has 0 unspecified atom stereocenters. The van der Waals surface area contributed by atoms with E-state index < -0.39 is 41.1 Å². The number of carboxylic acid groups (broad SMARTS) is 1. The van der Waals surface area contributed by atoms with Gasteiger partial charge in [0.05, 0.1) is 6.42 Å². The van der Waals surface area contributed by atoms with Crippen molar-refractivity contribution in [1.29, 1.82) is 0 Å². The molecule has 3 aliphatic carbocycles. The number of rotatable bonds is 25. The molecule has 0 aliphatic heterocycles. The maximum atomic E-state index is 12.8. The number of amides is 5. The van der Waals surface area contributed by atoms with Gasteiger partial charge in [-0.2, -0.15) is 0 Å². The Hall–Kier alpha value is -2.46. The van der Waals surface area contributed by atoms with Crippen LogP contribution >= 0.6 is 45.1 Å². The number of carbonyl (C=O) groups is 6. The highest BCUT2D eigenvalue weighted by atomic mass is 33.1. The third-order valence-electron chi connectivity index (χ3n) is 12.1. The van der Waals surface area contributed by atoms with Crippen molar-refractivity contribution in [3.63, 3.8) is 0 Å². The summed E-state index contributed by atoms with van der Waals surface area (Å²) in [6.07, 6.45) is 14.9. The molecule has 21 heteroatoms. The Morgan fingerprint density at radius 1 is 0.458 bits per heavy atom. The molecule has 72 heavy (non-hydrogen) atoms. The normalized spacial score (nSPS) is 17.2. The average molecular weight is 1100 g/mol. The smallest absolute Gasteiger partial charge is 0.407 e. The highest BCUT2D eigenvalue weighted by Gasteiger charge is 2.38. The van der Waals surface area contributed by atoms with Crippen molar-refractivity contribution < 1.29 is 48.1 Å². The third kappa shape index (κ3) is 34.9. The van der Waals surface area contributed by atoms with E-state index in [9.17, 15) is 28.8 Å². The molecule has 0 aromatic heterocycles. The van der Waals surface area contributed by atoms with Gasteiger partial charge in [0, 0.05) is 86.8 Å². The molecule has 0 atom stereocenters. The van der Waals surface area contributed by atoms with Crippen molar-refractivity contribution in [2.45, 2.75) is 195 Å². The fourth-order valence-corrected chi connectivity index (χ4v) is 12.5. The fraction of sp³-hybridized carbons (Fsp3) is 0.882. The quantitative estimate of drug-likeness (QED) is 0.0183. The maximum Gasteiger partial charge on any atom is 0.407 e. The van der Waals surface area contributed by atoms with Gasteiger partial charge in [0.15, 0.2) is 0 Å². The molecule has 420 valence electrons. The third-order valence-corrected chi connectivity index (χ3v) is 16.9. The lowest BCUT2D eigenvalue weighted by Crippen LogP contribution is -2.44. The molecular formula is C51H97N7O10S4. The Kier molecular flexibility index (Phi) is 33.5. The van der Waals surface area contributed by atoms with Gasteiger partial charge in [0.25, 0.3) is 0 Å². The Bertz CT molecular complexity index is 1500. The van der Waals surface area contributed by atoms with Crippen molar-refractivity contribution in [1.82, 2.24) is 26.6 Å². The molecule has 0 spiro atoms. The topological polar surface area (TPSA) is 263 Å². The van der Waals surface area contributed by atoms with Gasteiger partial charge in [-0.3, -0.25) is 14.4 Å².